The van der Waals surface area contributed by atoms with Crippen LogP contribution in [0.15, 0.2) is 18.2 Å². The van der Waals surface area contributed by atoms with Gasteiger partial charge >= 0.3 is 6.18 Å². The predicted molar refractivity (Wildman–Crippen MR) is 55.1 cm³/mol. The number of rotatable bonds is 4. The molecule has 2 rings (SSSR count). The maximum atomic E-state index is 12.5. The van der Waals surface area contributed by atoms with E-state index in [1.54, 1.807) is 0 Å². The molecule has 1 saturated carbocycles. The van der Waals surface area contributed by atoms with Crippen molar-refractivity contribution in [3.8, 4) is 5.75 Å². The summed E-state index contributed by atoms with van der Waals surface area (Å²) in [5.74, 6) is 0.436. The molecule has 1 aliphatic carbocycles. The molecule has 1 aromatic rings. The van der Waals surface area contributed by atoms with Crippen molar-refractivity contribution in [3.63, 3.8) is 0 Å². The van der Waals surface area contributed by atoms with Crippen LogP contribution in [0, 0.1) is 5.92 Å². The molecule has 0 saturated heterocycles. The van der Waals surface area contributed by atoms with Gasteiger partial charge in [-0.1, -0.05) is 0 Å². The Balaban J connectivity index is 2.21. The third-order valence-electron chi connectivity index (χ3n) is 2.64. The van der Waals surface area contributed by atoms with Crippen LogP contribution in [0.1, 0.15) is 28.8 Å². The van der Waals surface area contributed by atoms with E-state index in [-0.39, 0.29) is 11.3 Å². The second-order valence-electron chi connectivity index (χ2n) is 4.12. The van der Waals surface area contributed by atoms with Crippen LogP contribution in [0.4, 0.5) is 13.2 Å². The Morgan fingerprint density at radius 3 is 2.59 bits per heavy atom. The van der Waals surface area contributed by atoms with Crippen LogP contribution in [0.2, 0.25) is 0 Å². The molecule has 0 aliphatic heterocycles. The van der Waals surface area contributed by atoms with Gasteiger partial charge in [0.2, 0.25) is 0 Å². The molecule has 0 radical (unpaired) electrons. The minimum Gasteiger partial charge on any atom is -0.493 e. The van der Waals surface area contributed by atoms with Crippen molar-refractivity contribution in [2.45, 2.75) is 19.0 Å². The molecule has 1 aromatic carbocycles. The van der Waals surface area contributed by atoms with Crippen molar-refractivity contribution in [1.29, 1.82) is 0 Å². The number of carbonyl (C=O) groups is 1. The molecule has 92 valence electrons. The number of aldehydes is 1. The lowest BCUT2D eigenvalue weighted by molar-refractivity contribution is -0.137. The number of carbonyl (C=O) groups excluding carboxylic acids is 1. The first-order valence-corrected chi connectivity index (χ1v) is 5.30. The number of hydrogen-bond donors (Lipinski definition) is 0. The van der Waals surface area contributed by atoms with E-state index in [2.05, 4.69) is 0 Å². The van der Waals surface area contributed by atoms with Crippen LogP contribution in [0.5, 0.6) is 5.75 Å². The topological polar surface area (TPSA) is 26.3 Å². The lowest BCUT2D eigenvalue weighted by Gasteiger charge is -2.11. The van der Waals surface area contributed by atoms with Crippen LogP contribution in [0.3, 0.4) is 0 Å². The zero-order valence-electron chi connectivity index (χ0n) is 8.96. The lowest BCUT2D eigenvalue weighted by Crippen LogP contribution is -2.07. The molecular formula is C12H11F3O2. The summed E-state index contributed by atoms with van der Waals surface area (Å²) >= 11 is 0. The fraction of sp³-hybridized carbons (Fsp3) is 0.417. The van der Waals surface area contributed by atoms with Gasteiger partial charge in [0.25, 0.3) is 0 Å². The zero-order chi connectivity index (χ0) is 12.5. The van der Waals surface area contributed by atoms with Crippen molar-refractivity contribution in [2.75, 3.05) is 6.61 Å². The minimum atomic E-state index is -4.42. The smallest absolute Gasteiger partial charge is 0.416 e. The number of halogens is 3. The summed E-state index contributed by atoms with van der Waals surface area (Å²) in [5.41, 5.74) is -0.646. The quantitative estimate of drug-likeness (QED) is 0.759. The Morgan fingerprint density at radius 1 is 1.35 bits per heavy atom. The van der Waals surface area contributed by atoms with Crippen LogP contribution in [-0.2, 0) is 6.18 Å². The van der Waals surface area contributed by atoms with E-state index in [0.717, 1.165) is 31.0 Å². The molecule has 0 bridgehead atoms. The van der Waals surface area contributed by atoms with E-state index in [1.807, 2.05) is 0 Å². The van der Waals surface area contributed by atoms with Gasteiger partial charge in [0, 0.05) is 0 Å². The van der Waals surface area contributed by atoms with Crippen molar-refractivity contribution >= 4 is 6.29 Å². The van der Waals surface area contributed by atoms with Gasteiger partial charge in [-0.25, -0.2) is 0 Å². The molecular weight excluding hydrogens is 233 g/mol. The van der Waals surface area contributed by atoms with Gasteiger partial charge in [-0.3, -0.25) is 4.79 Å². The fourth-order valence-corrected chi connectivity index (χ4v) is 1.43. The number of hydrogen-bond acceptors (Lipinski definition) is 2. The van der Waals surface area contributed by atoms with E-state index in [9.17, 15) is 18.0 Å². The van der Waals surface area contributed by atoms with Crippen LogP contribution in [-0.4, -0.2) is 12.9 Å². The lowest BCUT2D eigenvalue weighted by atomic mass is 10.1. The highest BCUT2D eigenvalue weighted by molar-refractivity contribution is 5.79. The van der Waals surface area contributed by atoms with Gasteiger partial charge in [0.1, 0.15) is 5.75 Å². The van der Waals surface area contributed by atoms with Gasteiger partial charge in [-0.05, 0) is 37.0 Å². The molecule has 2 nitrogen and oxygen atoms in total. The maximum absolute atomic E-state index is 12.5. The third kappa shape index (κ3) is 2.99. The summed E-state index contributed by atoms with van der Waals surface area (Å²) in [4.78, 5) is 10.7. The monoisotopic (exact) mass is 244 g/mol. The molecule has 0 amide bonds. The summed E-state index contributed by atoms with van der Waals surface area (Å²) < 4.78 is 42.7. The van der Waals surface area contributed by atoms with E-state index in [1.165, 1.54) is 0 Å². The van der Waals surface area contributed by atoms with Crippen LogP contribution in [0.25, 0.3) is 0 Å². The number of ether oxygens (including phenoxy) is 1. The third-order valence-corrected chi connectivity index (χ3v) is 2.64. The van der Waals surface area contributed by atoms with Gasteiger partial charge in [-0.2, -0.15) is 13.2 Å². The Labute approximate surface area is 96.4 Å². The number of alkyl halides is 3. The molecule has 0 spiro atoms. The van der Waals surface area contributed by atoms with E-state index >= 15 is 0 Å². The molecule has 17 heavy (non-hydrogen) atoms. The molecule has 0 N–H and O–H groups in total. The largest absolute Gasteiger partial charge is 0.493 e. The van der Waals surface area contributed by atoms with E-state index in [4.69, 9.17) is 4.74 Å². The molecule has 0 heterocycles. The van der Waals surface area contributed by atoms with Crippen molar-refractivity contribution in [2.24, 2.45) is 5.92 Å². The Hall–Kier alpha value is -1.52. The SMILES string of the molecule is O=Cc1ccc(C(F)(F)F)cc1OCC1CC1. The first kappa shape index (κ1) is 12.0. The Morgan fingerprint density at radius 2 is 2.06 bits per heavy atom. The summed E-state index contributed by atoms with van der Waals surface area (Å²) in [6, 6.07) is 2.90. The average Bonchev–Trinajstić information content (AvgIpc) is 3.08. The normalized spacial score (nSPS) is 15.7. The van der Waals surface area contributed by atoms with Gasteiger partial charge in [-0.15, -0.1) is 0 Å². The summed E-state index contributed by atoms with van der Waals surface area (Å²) in [5, 5.41) is 0. The first-order valence-electron chi connectivity index (χ1n) is 5.30. The van der Waals surface area contributed by atoms with Gasteiger partial charge in [0.05, 0.1) is 17.7 Å². The highest BCUT2D eigenvalue weighted by Crippen LogP contribution is 2.34. The molecule has 0 atom stereocenters. The Kier molecular flexibility index (Phi) is 3.09. The minimum absolute atomic E-state index is 0.0155. The Bertz CT molecular complexity index is 422. The van der Waals surface area contributed by atoms with Crippen molar-refractivity contribution in [3.05, 3.63) is 29.3 Å². The maximum Gasteiger partial charge on any atom is 0.416 e. The highest BCUT2D eigenvalue weighted by atomic mass is 19.4. The fourth-order valence-electron chi connectivity index (χ4n) is 1.43. The summed E-state index contributed by atoms with van der Waals surface area (Å²) in [6.07, 6.45) is -1.84. The van der Waals surface area contributed by atoms with Crippen LogP contribution < -0.4 is 4.74 Å². The highest BCUT2D eigenvalue weighted by Gasteiger charge is 2.31. The second kappa shape index (κ2) is 4.39. The average molecular weight is 244 g/mol. The summed E-state index contributed by atoms with van der Waals surface area (Å²) in [7, 11) is 0. The molecule has 1 aliphatic rings. The van der Waals surface area contributed by atoms with Gasteiger partial charge < -0.3 is 4.74 Å². The van der Waals surface area contributed by atoms with Crippen LogP contribution >= 0.6 is 0 Å². The molecule has 1 fully saturated rings. The first-order chi connectivity index (χ1) is 8.00. The van der Waals surface area contributed by atoms with E-state index in [0.29, 0.717) is 18.8 Å². The molecule has 5 heteroatoms. The van der Waals surface area contributed by atoms with E-state index < -0.39 is 11.7 Å². The predicted octanol–water partition coefficient (Wildman–Crippen LogP) is 3.31. The molecule has 0 aromatic heterocycles. The standard InChI is InChI=1S/C12H11F3O2/c13-12(14,15)10-4-3-9(6-16)11(5-10)17-7-8-1-2-8/h3-6,8H,1-2,7H2. The second-order valence-corrected chi connectivity index (χ2v) is 4.12. The zero-order valence-corrected chi connectivity index (χ0v) is 8.96. The van der Waals surface area contributed by atoms with Gasteiger partial charge in [0.15, 0.2) is 6.29 Å². The molecule has 0 unspecified atom stereocenters. The van der Waals surface area contributed by atoms with Crippen molar-refractivity contribution < 1.29 is 22.7 Å². The summed E-state index contributed by atoms with van der Waals surface area (Å²) in [6.45, 7) is 0.377. The van der Waals surface area contributed by atoms with Crippen molar-refractivity contribution in [1.82, 2.24) is 0 Å². The number of benzene rings is 1.